The first-order chi connectivity index (χ1) is 6.56. The van der Waals surface area contributed by atoms with Gasteiger partial charge in [-0.3, -0.25) is 0 Å². The Morgan fingerprint density at radius 2 is 1.86 bits per heavy atom. The van der Waals surface area contributed by atoms with Crippen LogP contribution < -0.4 is 0 Å². The molecule has 0 saturated heterocycles. The molecule has 0 unspecified atom stereocenters. The van der Waals surface area contributed by atoms with E-state index in [1.165, 1.54) is 5.92 Å². The Kier molecular flexibility index (Phi) is 7.31. The van der Waals surface area contributed by atoms with Crippen molar-refractivity contribution >= 4 is 0 Å². The molecular weight excluding hydrogens is 193 g/mol. The smallest absolute Gasteiger partial charge is 0.381 e. The minimum Gasteiger partial charge on any atom is -0.381 e. The molecule has 0 atom stereocenters. The molecule has 4 heteroatoms. The number of hydrogen-bond donors (Lipinski definition) is 0. The predicted molar refractivity (Wildman–Crippen MR) is 48.5 cm³/mol. The molecule has 0 aromatic carbocycles. The summed E-state index contributed by atoms with van der Waals surface area (Å²) >= 11 is 0. The molecule has 81 valence electrons. The first-order valence-electron chi connectivity index (χ1n) is 4.50. The van der Waals surface area contributed by atoms with Crippen LogP contribution in [-0.2, 0) is 4.74 Å². The average Bonchev–Trinajstić information content (AvgIpc) is 2.08. The summed E-state index contributed by atoms with van der Waals surface area (Å²) in [6.07, 6.45) is -1.99. The minimum absolute atomic E-state index is 0.271. The third kappa shape index (κ3) is 11.3. The fraction of sp³-hybridized carbons (Fsp3) is 0.700. The van der Waals surface area contributed by atoms with Crippen molar-refractivity contribution in [2.75, 3.05) is 13.2 Å². The zero-order valence-electron chi connectivity index (χ0n) is 7.99. The SMILES string of the molecule is [CH2]CCOCCCCC#CC(F)(F)F. The van der Waals surface area contributed by atoms with Gasteiger partial charge >= 0.3 is 6.18 Å². The number of ether oxygens (including phenoxy) is 1. The van der Waals surface area contributed by atoms with Crippen LogP contribution in [0.1, 0.15) is 25.7 Å². The quantitative estimate of drug-likeness (QED) is 0.480. The summed E-state index contributed by atoms with van der Waals surface area (Å²) in [5.41, 5.74) is 0. The van der Waals surface area contributed by atoms with Gasteiger partial charge in [-0.05, 0) is 19.3 Å². The molecule has 0 aromatic rings. The fourth-order valence-corrected chi connectivity index (χ4v) is 0.784. The second-order valence-corrected chi connectivity index (χ2v) is 2.72. The summed E-state index contributed by atoms with van der Waals surface area (Å²) in [6, 6.07) is 0. The molecule has 0 saturated carbocycles. The molecule has 0 N–H and O–H groups in total. The van der Waals surface area contributed by atoms with Gasteiger partial charge in [0.15, 0.2) is 0 Å². The van der Waals surface area contributed by atoms with Crippen molar-refractivity contribution in [3.05, 3.63) is 6.92 Å². The zero-order valence-corrected chi connectivity index (χ0v) is 7.99. The van der Waals surface area contributed by atoms with E-state index < -0.39 is 6.18 Å². The maximum Gasteiger partial charge on any atom is 0.457 e. The Morgan fingerprint density at radius 3 is 2.43 bits per heavy atom. The lowest BCUT2D eigenvalue weighted by Gasteiger charge is -1.99. The second-order valence-electron chi connectivity index (χ2n) is 2.72. The molecular formula is C10H14F3O. The number of unbranched alkanes of at least 4 members (excludes halogenated alkanes) is 2. The van der Waals surface area contributed by atoms with Crippen LogP contribution in [-0.4, -0.2) is 19.4 Å². The number of rotatable bonds is 6. The third-order valence-electron chi connectivity index (χ3n) is 1.36. The van der Waals surface area contributed by atoms with E-state index >= 15 is 0 Å². The van der Waals surface area contributed by atoms with Gasteiger partial charge in [-0.1, -0.05) is 12.8 Å². The molecule has 0 aliphatic rings. The molecule has 0 spiro atoms. The molecule has 1 nitrogen and oxygen atoms in total. The zero-order chi connectivity index (χ0) is 10.9. The Bertz CT molecular complexity index is 188. The van der Waals surface area contributed by atoms with E-state index in [0.717, 1.165) is 6.42 Å². The Balaban J connectivity index is 3.24. The molecule has 0 fully saturated rings. The molecule has 0 rings (SSSR count). The summed E-state index contributed by atoms with van der Waals surface area (Å²) in [4.78, 5) is 0. The van der Waals surface area contributed by atoms with E-state index in [9.17, 15) is 13.2 Å². The van der Waals surface area contributed by atoms with Gasteiger partial charge in [-0.15, -0.1) is 0 Å². The van der Waals surface area contributed by atoms with Gasteiger partial charge in [0.25, 0.3) is 0 Å². The standard InChI is InChI=1S/C10H14F3O/c1-2-8-14-9-6-4-3-5-7-10(11,12)13/h1-4,6,8-9H2. The molecule has 14 heavy (non-hydrogen) atoms. The highest BCUT2D eigenvalue weighted by atomic mass is 19.4. The van der Waals surface area contributed by atoms with E-state index in [2.05, 4.69) is 12.8 Å². The van der Waals surface area contributed by atoms with Gasteiger partial charge in [0.1, 0.15) is 0 Å². The number of halogens is 3. The Hall–Kier alpha value is -0.690. The molecule has 0 aliphatic heterocycles. The summed E-state index contributed by atoms with van der Waals surface area (Å²) in [5, 5.41) is 0. The van der Waals surface area contributed by atoms with Crippen LogP contribution in [0.4, 0.5) is 13.2 Å². The van der Waals surface area contributed by atoms with Crippen molar-refractivity contribution in [1.29, 1.82) is 0 Å². The van der Waals surface area contributed by atoms with Crippen LogP contribution in [0.2, 0.25) is 0 Å². The van der Waals surface area contributed by atoms with Gasteiger partial charge in [0, 0.05) is 25.6 Å². The van der Waals surface area contributed by atoms with Crippen molar-refractivity contribution in [1.82, 2.24) is 0 Å². The van der Waals surface area contributed by atoms with E-state index in [1.807, 2.05) is 0 Å². The van der Waals surface area contributed by atoms with Gasteiger partial charge in [-0.25, -0.2) is 0 Å². The summed E-state index contributed by atoms with van der Waals surface area (Å²) in [5.74, 6) is 3.30. The lowest BCUT2D eigenvalue weighted by Crippen LogP contribution is -2.01. The monoisotopic (exact) mass is 207 g/mol. The van der Waals surface area contributed by atoms with Crippen molar-refractivity contribution in [3.8, 4) is 11.8 Å². The first kappa shape index (κ1) is 13.3. The highest BCUT2D eigenvalue weighted by Gasteiger charge is 2.22. The second kappa shape index (κ2) is 7.69. The van der Waals surface area contributed by atoms with Crippen molar-refractivity contribution in [2.24, 2.45) is 0 Å². The Labute approximate surface area is 82.6 Å². The largest absolute Gasteiger partial charge is 0.457 e. The average molecular weight is 207 g/mol. The maximum absolute atomic E-state index is 11.5. The third-order valence-corrected chi connectivity index (χ3v) is 1.36. The van der Waals surface area contributed by atoms with E-state index in [-0.39, 0.29) is 6.42 Å². The van der Waals surface area contributed by atoms with Crippen LogP contribution in [0.3, 0.4) is 0 Å². The minimum atomic E-state index is -4.36. The summed E-state index contributed by atoms with van der Waals surface area (Å²) < 4.78 is 39.7. The lowest BCUT2D eigenvalue weighted by molar-refractivity contribution is -0.0697. The van der Waals surface area contributed by atoms with Crippen LogP contribution in [0.15, 0.2) is 0 Å². The van der Waals surface area contributed by atoms with E-state index in [4.69, 9.17) is 4.74 Å². The van der Waals surface area contributed by atoms with Gasteiger partial charge in [0.05, 0.1) is 0 Å². The summed E-state index contributed by atoms with van der Waals surface area (Å²) in [6.45, 7) is 4.77. The summed E-state index contributed by atoms with van der Waals surface area (Å²) in [7, 11) is 0. The maximum atomic E-state index is 11.5. The van der Waals surface area contributed by atoms with E-state index in [0.29, 0.717) is 26.1 Å². The van der Waals surface area contributed by atoms with E-state index in [1.54, 1.807) is 0 Å². The lowest BCUT2D eigenvalue weighted by atomic mass is 10.2. The van der Waals surface area contributed by atoms with Crippen molar-refractivity contribution in [2.45, 2.75) is 31.9 Å². The first-order valence-corrected chi connectivity index (χ1v) is 4.50. The normalized spacial score (nSPS) is 10.9. The predicted octanol–water partition coefficient (Wildman–Crippen LogP) is 2.96. The highest BCUT2D eigenvalue weighted by molar-refractivity contribution is 5.04. The van der Waals surface area contributed by atoms with Crippen LogP contribution in [0, 0.1) is 18.8 Å². The van der Waals surface area contributed by atoms with Gasteiger partial charge in [-0.2, -0.15) is 13.2 Å². The molecule has 0 heterocycles. The van der Waals surface area contributed by atoms with Crippen LogP contribution in [0.5, 0.6) is 0 Å². The molecule has 0 bridgehead atoms. The topological polar surface area (TPSA) is 9.23 Å². The molecule has 0 aromatic heterocycles. The number of hydrogen-bond acceptors (Lipinski definition) is 1. The van der Waals surface area contributed by atoms with Gasteiger partial charge < -0.3 is 4.74 Å². The fourth-order valence-electron chi connectivity index (χ4n) is 0.784. The number of alkyl halides is 3. The van der Waals surface area contributed by atoms with Gasteiger partial charge in [0.2, 0.25) is 0 Å². The molecule has 0 aliphatic carbocycles. The Morgan fingerprint density at radius 1 is 1.14 bits per heavy atom. The molecule has 1 radical (unpaired) electrons. The van der Waals surface area contributed by atoms with Crippen LogP contribution >= 0.6 is 0 Å². The van der Waals surface area contributed by atoms with Crippen LogP contribution in [0.25, 0.3) is 0 Å². The van der Waals surface area contributed by atoms with Crippen molar-refractivity contribution < 1.29 is 17.9 Å². The van der Waals surface area contributed by atoms with Crippen molar-refractivity contribution in [3.63, 3.8) is 0 Å². The molecule has 0 amide bonds. The highest BCUT2D eigenvalue weighted by Crippen LogP contribution is 2.12.